The maximum atomic E-state index is 6.07. The van der Waals surface area contributed by atoms with Crippen molar-refractivity contribution in [3.05, 3.63) is 29.3 Å². The van der Waals surface area contributed by atoms with Crippen LogP contribution in [0, 0.1) is 12.8 Å². The van der Waals surface area contributed by atoms with Crippen LogP contribution in [-0.4, -0.2) is 75.2 Å². The van der Waals surface area contributed by atoms with E-state index >= 15 is 0 Å². The zero-order chi connectivity index (χ0) is 22.5. The lowest BCUT2D eigenvalue weighted by Crippen LogP contribution is -2.46. The van der Waals surface area contributed by atoms with Crippen LogP contribution in [0.2, 0.25) is 0 Å². The predicted molar refractivity (Wildman–Crippen MR) is 132 cm³/mol. The number of ether oxygens (including phenoxy) is 1. The Bertz CT molecular complexity index is 653. The van der Waals surface area contributed by atoms with Gasteiger partial charge < -0.3 is 25.2 Å². The molecule has 0 saturated carbocycles. The molecule has 1 saturated heterocycles. The Balaban J connectivity index is 1.67. The van der Waals surface area contributed by atoms with E-state index in [2.05, 4.69) is 71.3 Å². The van der Waals surface area contributed by atoms with Crippen molar-refractivity contribution in [3.63, 3.8) is 0 Å². The molecule has 1 aromatic rings. The van der Waals surface area contributed by atoms with Crippen molar-refractivity contribution < 1.29 is 4.74 Å². The summed E-state index contributed by atoms with van der Waals surface area (Å²) in [4.78, 5) is 9.50. The van der Waals surface area contributed by atoms with Crippen LogP contribution in [0.4, 0.5) is 0 Å². The molecule has 0 atom stereocenters. The Labute approximate surface area is 190 Å². The molecule has 1 aromatic carbocycles. The molecular formula is C25H45N5O. The number of benzene rings is 1. The fourth-order valence-electron chi connectivity index (χ4n) is 3.74. The second-order valence-corrected chi connectivity index (χ2v) is 8.98. The fraction of sp³-hybridized carbons (Fsp3) is 0.720. The van der Waals surface area contributed by atoms with Crippen LogP contribution >= 0.6 is 0 Å². The van der Waals surface area contributed by atoms with Crippen LogP contribution in [0.25, 0.3) is 0 Å². The van der Waals surface area contributed by atoms with Crippen molar-refractivity contribution in [2.45, 2.75) is 53.5 Å². The molecule has 0 bridgehead atoms. The zero-order valence-corrected chi connectivity index (χ0v) is 20.5. The Morgan fingerprint density at radius 2 is 1.84 bits per heavy atom. The molecule has 0 unspecified atom stereocenters. The first kappa shape index (κ1) is 25.5. The van der Waals surface area contributed by atoms with E-state index in [-0.39, 0.29) is 0 Å². The molecule has 31 heavy (non-hydrogen) atoms. The molecule has 0 amide bonds. The largest absolute Gasteiger partial charge is 0.493 e. The van der Waals surface area contributed by atoms with Gasteiger partial charge in [0.05, 0.1) is 6.61 Å². The fourth-order valence-corrected chi connectivity index (χ4v) is 3.74. The summed E-state index contributed by atoms with van der Waals surface area (Å²) >= 11 is 0. The van der Waals surface area contributed by atoms with Gasteiger partial charge in [0.1, 0.15) is 5.75 Å². The molecule has 0 aliphatic carbocycles. The number of nitrogens with zero attached hydrogens (tertiary/aromatic N) is 3. The van der Waals surface area contributed by atoms with E-state index in [0.717, 1.165) is 37.7 Å². The van der Waals surface area contributed by atoms with Gasteiger partial charge >= 0.3 is 0 Å². The molecule has 2 rings (SSSR count). The van der Waals surface area contributed by atoms with E-state index in [1.54, 1.807) is 0 Å². The number of guanidine groups is 1. The maximum absolute atomic E-state index is 6.07. The monoisotopic (exact) mass is 431 g/mol. The average Bonchev–Trinajstić information content (AvgIpc) is 2.77. The van der Waals surface area contributed by atoms with Gasteiger partial charge in [-0.05, 0) is 56.8 Å². The Morgan fingerprint density at radius 3 is 2.52 bits per heavy atom. The van der Waals surface area contributed by atoms with Crippen LogP contribution in [-0.2, 0) is 6.54 Å². The first-order valence-corrected chi connectivity index (χ1v) is 12.1. The molecule has 0 spiro atoms. The van der Waals surface area contributed by atoms with Crippen molar-refractivity contribution in [3.8, 4) is 5.75 Å². The quantitative estimate of drug-likeness (QED) is 0.301. The summed E-state index contributed by atoms with van der Waals surface area (Å²) in [6.07, 6.45) is 3.45. The van der Waals surface area contributed by atoms with Crippen LogP contribution in [0.1, 0.15) is 51.2 Å². The maximum Gasteiger partial charge on any atom is 0.191 e. The van der Waals surface area contributed by atoms with Crippen molar-refractivity contribution in [1.29, 1.82) is 0 Å². The van der Waals surface area contributed by atoms with E-state index in [9.17, 15) is 0 Å². The Kier molecular flexibility index (Phi) is 11.8. The molecule has 1 heterocycles. The highest BCUT2D eigenvalue weighted by atomic mass is 16.5. The first-order chi connectivity index (χ1) is 15.0. The first-order valence-electron chi connectivity index (χ1n) is 12.1. The standard InChI is InChI=1S/C25H45N5O/c1-6-29-14-16-30(17-15-29)13-8-7-12-27-25(26-5)28-20-23-10-9-22(4)19-24(23)31-18-11-21(2)3/h9-10,19,21H,6-8,11-18,20H2,1-5H3,(H2,26,27,28). The third-order valence-corrected chi connectivity index (χ3v) is 5.95. The third-order valence-electron chi connectivity index (χ3n) is 5.95. The minimum atomic E-state index is 0.648. The summed E-state index contributed by atoms with van der Waals surface area (Å²) in [6, 6.07) is 6.43. The zero-order valence-electron chi connectivity index (χ0n) is 20.5. The number of nitrogens with one attached hydrogen (secondary N) is 2. The van der Waals surface area contributed by atoms with E-state index in [1.165, 1.54) is 56.8 Å². The summed E-state index contributed by atoms with van der Waals surface area (Å²) in [6.45, 7) is 18.5. The summed E-state index contributed by atoms with van der Waals surface area (Å²) < 4.78 is 6.07. The Morgan fingerprint density at radius 1 is 1.10 bits per heavy atom. The molecule has 1 aliphatic rings. The number of hydrogen-bond donors (Lipinski definition) is 2. The highest BCUT2D eigenvalue weighted by Gasteiger charge is 2.14. The summed E-state index contributed by atoms with van der Waals surface area (Å²) in [5, 5.41) is 6.89. The molecule has 176 valence electrons. The molecule has 1 aliphatic heterocycles. The lowest BCUT2D eigenvalue weighted by Gasteiger charge is -2.34. The summed E-state index contributed by atoms with van der Waals surface area (Å²) in [7, 11) is 1.83. The van der Waals surface area contributed by atoms with E-state index in [1.807, 2.05) is 7.05 Å². The number of rotatable bonds is 12. The molecule has 6 heteroatoms. The topological polar surface area (TPSA) is 52.1 Å². The van der Waals surface area contributed by atoms with Gasteiger partial charge in [0, 0.05) is 51.9 Å². The second-order valence-electron chi connectivity index (χ2n) is 8.98. The number of aliphatic imine (C=N–C) groups is 1. The van der Waals surface area contributed by atoms with Crippen LogP contribution < -0.4 is 15.4 Å². The van der Waals surface area contributed by atoms with E-state index in [4.69, 9.17) is 4.74 Å². The minimum absolute atomic E-state index is 0.648. The van der Waals surface area contributed by atoms with Gasteiger partial charge in [-0.3, -0.25) is 4.99 Å². The predicted octanol–water partition coefficient (Wildman–Crippen LogP) is 3.50. The second kappa shape index (κ2) is 14.3. The number of aryl methyl sites for hydroxylation is 1. The summed E-state index contributed by atoms with van der Waals surface area (Å²) in [5.74, 6) is 2.48. The average molecular weight is 432 g/mol. The molecule has 0 radical (unpaired) electrons. The summed E-state index contributed by atoms with van der Waals surface area (Å²) in [5.41, 5.74) is 2.39. The normalized spacial score (nSPS) is 16.0. The van der Waals surface area contributed by atoms with E-state index < -0.39 is 0 Å². The van der Waals surface area contributed by atoms with Crippen molar-refractivity contribution in [2.24, 2.45) is 10.9 Å². The van der Waals surface area contributed by atoms with Crippen molar-refractivity contribution in [2.75, 3.05) is 59.5 Å². The van der Waals surface area contributed by atoms with Crippen molar-refractivity contribution >= 4 is 5.96 Å². The van der Waals surface area contributed by atoms with Gasteiger partial charge in [0.15, 0.2) is 5.96 Å². The lowest BCUT2D eigenvalue weighted by molar-refractivity contribution is 0.136. The number of unbranched alkanes of at least 4 members (excludes halogenated alkanes) is 1. The molecular weight excluding hydrogens is 386 g/mol. The van der Waals surface area contributed by atoms with Gasteiger partial charge in [-0.1, -0.05) is 32.9 Å². The Hall–Kier alpha value is -1.79. The van der Waals surface area contributed by atoms with Crippen LogP contribution in [0.3, 0.4) is 0 Å². The smallest absolute Gasteiger partial charge is 0.191 e. The molecule has 2 N–H and O–H groups in total. The van der Waals surface area contributed by atoms with Crippen molar-refractivity contribution in [1.82, 2.24) is 20.4 Å². The third kappa shape index (κ3) is 9.92. The van der Waals surface area contributed by atoms with Gasteiger partial charge in [0.2, 0.25) is 0 Å². The van der Waals surface area contributed by atoms with Gasteiger partial charge in [-0.25, -0.2) is 0 Å². The van der Waals surface area contributed by atoms with E-state index in [0.29, 0.717) is 12.5 Å². The highest BCUT2D eigenvalue weighted by molar-refractivity contribution is 5.79. The molecule has 6 nitrogen and oxygen atoms in total. The van der Waals surface area contributed by atoms with Gasteiger partial charge in [-0.15, -0.1) is 0 Å². The van der Waals surface area contributed by atoms with Gasteiger partial charge in [0.25, 0.3) is 0 Å². The number of piperazine rings is 1. The highest BCUT2D eigenvalue weighted by Crippen LogP contribution is 2.21. The molecule has 1 fully saturated rings. The minimum Gasteiger partial charge on any atom is -0.493 e. The molecule has 0 aromatic heterocycles. The van der Waals surface area contributed by atoms with Crippen LogP contribution in [0.5, 0.6) is 5.75 Å². The van der Waals surface area contributed by atoms with Gasteiger partial charge in [-0.2, -0.15) is 0 Å². The van der Waals surface area contributed by atoms with Crippen LogP contribution in [0.15, 0.2) is 23.2 Å². The SMILES string of the molecule is CCN1CCN(CCCCNC(=NC)NCc2ccc(C)cc2OCCC(C)C)CC1. The number of hydrogen-bond acceptors (Lipinski definition) is 4. The lowest BCUT2D eigenvalue weighted by atomic mass is 10.1. The number of likely N-dealkylation sites (N-methyl/N-ethyl adjacent to an activating group) is 1.